The highest BCUT2D eigenvalue weighted by Gasteiger charge is 2.12. The molecule has 0 aliphatic heterocycles. The Balaban J connectivity index is 1.98. The van der Waals surface area contributed by atoms with Crippen molar-refractivity contribution in [1.29, 1.82) is 0 Å². The largest absolute Gasteiger partial charge is 0.469 e. The lowest BCUT2D eigenvalue weighted by atomic mass is 10.3. The minimum Gasteiger partial charge on any atom is -0.469 e. The normalized spacial score (nSPS) is 10.1. The van der Waals surface area contributed by atoms with Crippen LogP contribution in [0.3, 0.4) is 0 Å². The van der Waals surface area contributed by atoms with Crippen molar-refractivity contribution in [2.45, 2.75) is 6.42 Å². The van der Waals surface area contributed by atoms with Gasteiger partial charge in [-0.15, -0.1) is 11.3 Å². The van der Waals surface area contributed by atoms with Crippen LogP contribution in [0.5, 0.6) is 0 Å². The quantitative estimate of drug-likeness (QED) is 0.833. The third-order valence-corrected chi connectivity index (χ3v) is 2.80. The van der Waals surface area contributed by atoms with Gasteiger partial charge in [-0.1, -0.05) is 5.16 Å². The fourth-order valence-electron chi connectivity index (χ4n) is 1.16. The van der Waals surface area contributed by atoms with Gasteiger partial charge in [-0.3, -0.25) is 14.9 Å². The first-order chi connectivity index (χ1) is 8.69. The number of carbonyl (C=O) groups excluding carboxylic acids is 2. The number of nitrogens with one attached hydrogen (secondary N) is 1. The van der Waals surface area contributed by atoms with E-state index >= 15 is 0 Å². The van der Waals surface area contributed by atoms with Crippen LogP contribution in [0.2, 0.25) is 0 Å². The molecule has 0 unspecified atom stereocenters. The number of hydrogen-bond acceptors (Lipinski definition) is 7. The topological polar surface area (TPSA) is 94.3 Å². The number of amides is 1. The Kier molecular flexibility index (Phi) is 3.68. The highest BCUT2D eigenvalue weighted by atomic mass is 32.1. The van der Waals surface area contributed by atoms with Gasteiger partial charge in [0, 0.05) is 11.4 Å². The van der Waals surface area contributed by atoms with Gasteiger partial charge in [-0.2, -0.15) is 0 Å². The first-order valence-electron chi connectivity index (χ1n) is 4.92. The number of hydrogen-bond donors (Lipinski definition) is 1. The van der Waals surface area contributed by atoms with Gasteiger partial charge in [-0.25, -0.2) is 4.98 Å². The molecule has 0 radical (unpaired) electrons. The molecule has 0 bridgehead atoms. The molecule has 0 saturated heterocycles. The lowest BCUT2D eigenvalue weighted by Gasteiger charge is -1.96. The molecule has 0 aliphatic rings. The molecule has 2 heterocycles. The van der Waals surface area contributed by atoms with Crippen molar-refractivity contribution in [2.24, 2.45) is 0 Å². The fraction of sp³-hybridized carbons (Fsp3) is 0.200. The third-order valence-electron chi connectivity index (χ3n) is 2.00. The second-order valence-corrected chi connectivity index (χ2v) is 4.09. The first kappa shape index (κ1) is 12.2. The Morgan fingerprint density at radius 3 is 3.06 bits per heavy atom. The minimum absolute atomic E-state index is 0.0762. The average Bonchev–Trinajstić information content (AvgIpc) is 3.00. The Bertz CT molecular complexity index is 549. The molecule has 0 aromatic carbocycles. The van der Waals surface area contributed by atoms with Crippen molar-refractivity contribution in [3.8, 4) is 0 Å². The second kappa shape index (κ2) is 5.41. The van der Waals surface area contributed by atoms with E-state index in [9.17, 15) is 9.59 Å². The number of thiazole rings is 1. The molecule has 2 aromatic rings. The smallest absolute Gasteiger partial charge is 0.311 e. The summed E-state index contributed by atoms with van der Waals surface area (Å²) in [4.78, 5) is 26.7. The zero-order chi connectivity index (χ0) is 13.0. The number of anilines is 1. The molecule has 1 N–H and O–H groups in total. The second-order valence-electron chi connectivity index (χ2n) is 3.24. The standard InChI is InChI=1S/C10H9N3O4S/c1-16-8(14)4-6-5-18-10(11-6)12-9(15)7-2-3-17-13-7/h2-3,5H,4H2,1H3,(H,11,12,15). The third kappa shape index (κ3) is 2.92. The summed E-state index contributed by atoms with van der Waals surface area (Å²) in [6.45, 7) is 0. The van der Waals surface area contributed by atoms with Crippen LogP contribution in [-0.2, 0) is 16.0 Å². The van der Waals surface area contributed by atoms with Gasteiger partial charge in [0.25, 0.3) is 5.91 Å². The van der Waals surface area contributed by atoms with Crippen molar-refractivity contribution in [1.82, 2.24) is 10.1 Å². The molecule has 8 heteroatoms. The van der Waals surface area contributed by atoms with E-state index in [-0.39, 0.29) is 18.1 Å². The van der Waals surface area contributed by atoms with Crippen molar-refractivity contribution in [3.05, 3.63) is 29.1 Å². The van der Waals surface area contributed by atoms with Gasteiger partial charge in [0.1, 0.15) is 6.26 Å². The van der Waals surface area contributed by atoms with Crippen LogP contribution >= 0.6 is 11.3 Å². The molecule has 2 aromatic heterocycles. The van der Waals surface area contributed by atoms with E-state index in [1.165, 1.54) is 30.8 Å². The molecule has 7 nitrogen and oxygen atoms in total. The van der Waals surface area contributed by atoms with E-state index < -0.39 is 5.91 Å². The highest BCUT2D eigenvalue weighted by molar-refractivity contribution is 7.14. The molecule has 18 heavy (non-hydrogen) atoms. The number of methoxy groups -OCH3 is 1. The van der Waals surface area contributed by atoms with E-state index in [2.05, 4.69) is 24.7 Å². The van der Waals surface area contributed by atoms with Gasteiger partial charge in [0.15, 0.2) is 10.8 Å². The Morgan fingerprint density at radius 2 is 2.39 bits per heavy atom. The fourth-order valence-corrected chi connectivity index (χ4v) is 1.86. The molecular weight excluding hydrogens is 258 g/mol. The SMILES string of the molecule is COC(=O)Cc1csc(NC(=O)c2ccon2)n1. The zero-order valence-corrected chi connectivity index (χ0v) is 10.2. The molecule has 0 aliphatic carbocycles. The molecule has 0 atom stereocenters. The number of rotatable bonds is 4. The Morgan fingerprint density at radius 1 is 1.56 bits per heavy atom. The summed E-state index contributed by atoms with van der Waals surface area (Å²) in [5.74, 6) is -0.794. The highest BCUT2D eigenvalue weighted by Crippen LogP contribution is 2.16. The predicted octanol–water partition coefficient (Wildman–Crippen LogP) is 1.10. The molecule has 2 rings (SSSR count). The van der Waals surface area contributed by atoms with Gasteiger partial charge in [0.05, 0.1) is 19.2 Å². The summed E-state index contributed by atoms with van der Waals surface area (Å²) in [5.41, 5.74) is 0.710. The predicted molar refractivity (Wildman–Crippen MR) is 62.3 cm³/mol. The van der Waals surface area contributed by atoms with Crippen LogP contribution in [0.4, 0.5) is 5.13 Å². The van der Waals surface area contributed by atoms with Crippen LogP contribution in [-0.4, -0.2) is 29.1 Å². The summed E-state index contributed by atoms with van der Waals surface area (Å²) in [5, 5.41) is 8.11. The Hall–Kier alpha value is -2.22. The Labute approximate surface area is 106 Å². The molecule has 0 saturated carbocycles. The summed E-state index contributed by atoms with van der Waals surface area (Å²) in [7, 11) is 1.31. The van der Waals surface area contributed by atoms with Crippen LogP contribution in [0.25, 0.3) is 0 Å². The van der Waals surface area contributed by atoms with Crippen LogP contribution in [0.15, 0.2) is 22.2 Å². The monoisotopic (exact) mass is 267 g/mol. The number of carbonyl (C=O) groups is 2. The number of esters is 1. The van der Waals surface area contributed by atoms with Crippen LogP contribution < -0.4 is 5.32 Å². The van der Waals surface area contributed by atoms with E-state index in [0.29, 0.717) is 10.8 Å². The number of ether oxygens (including phenoxy) is 1. The number of aromatic nitrogens is 2. The van der Waals surface area contributed by atoms with Crippen molar-refractivity contribution in [2.75, 3.05) is 12.4 Å². The van der Waals surface area contributed by atoms with Crippen LogP contribution in [0, 0.1) is 0 Å². The van der Waals surface area contributed by atoms with E-state index in [1.807, 2.05) is 0 Å². The van der Waals surface area contributed by atoms with Crippen molar-refractivity contribution >= 4 is 28.3 Å². The van der Waals surface area contributed by atoms with Gasteiger partial charge < -0.3 is 9.26 Å². The van der Waals surface area contributed by atoms with Crippen LogP contribution in [0.1, 0.15) is 16.2 Å². The minimum atomic E-state index is -0.414. The van der Waals surface area contributed by atoms with Gasteiger partial charge in [-0.05, 0) is 0 Å². The molecule has 1 amide bonds. The summed E-state index contributed by atoms with van der Waals surface area (Å²) < 4.78 is 9.08. The lowest BCUT2D eigenvalue weighted by molar-refractivity contribution is -0.139. The van der Waals surface area contributed by atoms with Gasteiger partial charge >= 0.3 is 5.97 Å². The first-order valence-corrected chi connectivity index (χ1v) is 5.80. The maximum atomic E-state index is 11.6. The van der Waals surface area contributed by atoms with Gasteiger partial charge in [0.2, 0.25) is 0 Å². The number of nitrogens with zero attached hydrogens (tertiary/aromatic N) is 2. The summed E-state index contributed by atoms with van der Waals surface area (Å²) >= 11 is 1.22. The van der Waals surface area contributed by atoms with E-state index in [1.54, 1.807) is 5.38 Å². The summed E-state index contributed by atoms with van der Waals surface area (Å²) in [6.07, 6.45) is 1.38. The van der Waals surface area contributed by atoms with Crippen molar-refractivity contribution < 1.29 is 18.8 Å². The molecule has 0 spiro atoms. The van der Waals surface area contributed by atoms with E-state index in [0.717, 1.165) is 0 Å². The van der Waals surface area contributed by atoms with E-state index in [4.69, 9.17) is 0 Å². The maximum Gasteiger partial charge on any atom is 0.311 e. The maximum absolute atomic E-state index is 11.6. The summed E-state index contributed by atoms with van der Waals surface area (Å²) in [6, 6.07) is 1.44. The molecule has 94 valence electrons. The molecule has 0 fully saturated rings. The average molecular weight is 267 g/mol. The molecular formula is C10H9N3O4S. The van der Waals surface area contributed by atoms with Crippen molar-refractivity contribution in [3.63, 3.8) is 0 Å². The lowest BCUT2D eigenvalue weighted by Crippen LogP contribution is -2.12. The zero-order valence-electron chi connectivity index (χ0n) is 9.37.